The number of allylic oxidation sites excluding steroid dienone is 1. The number of hydrogen-bond donors (Lipinski definition) is 2. The Morgan fingerprint density at radius 1 is 1.15 bits per heavy atom. The molecule has 3 aromatic heterocycles. The van der Waals surface area contributed by atoms with E-state index in [9.17, 15) is 13.2 Å². The Morgan fingerprint density at radius 2 is 1.90 bits per heavy atom. The fraction of sp³-hybridized carbons (Fsp3) is 0.115. The van der Waals surface area contributed by atoms with Crippen LogP contribution < -0.4 is 16.3 Å². The maximum Gasteiger partial charge on any atom is 0.248 e. The molecule has 3 heterocycles. The topological polar surface area (TPSA) is 160 Å². The number of anilines is 1. The number of aromatic nitrogens is 4. The SMILES string of the molecule is C=C(c1ccc(S(C)(=O)=O)cn1)N(C(=N\N)/C(C)=C(/C)c1nnc(-c2cc[nH]c(=O)c2)o1)c1ccccc1Cl. The first kappa shape index (κ1) is 27.5. The number of para-hydroxylation sites is 1. The zero-order valence-electron chi connectivity index (χ0n) is 21.2. The van der Waals surface area contributed by atoms with Gasteiger partial charge in [0, 0.05) is 41.4 Å². The summed E-state index contributed by atoms with van der Waals surface area (Å²) < 4.78 is 29.7. The summed E-state index contributed by atoms with van der Waals surface area (Å²) in [5.41, 5.74) is 2.45. The van der Waals surface area contributed by atoms with E-state index in [0.29, 0.717) is 38.8 Å². The standard InChI is InChI=1S/C26H24ClN7O4S/c1-15(16(2)25-32-33-26(38-25)18-11-12-29-23(35)13-18)24(31-28)34(22-8-6-5-7-20(22)27)17(3)21-10-9-19(14-30-21)39(4,36)37/h5-14H,3,28H2,1-2,4H3,(H,29,35)/b16-15-,31-24-. The molecule has 0 radical (unpaired) electrons. The van der Waals surface area contributed by atoms with Gasteiger partial charge in [-0.15, -0.1) is 10.2 Å². The number of hydrogen-bond acceptors (Lipinski definition) is 9. The second-order valence-electron chi connectivity index (χ2n) is 8.44. The fourth-order valence-electron chi connectivity index (χ4n) is 3.62. The number of halogens is 1. The van der Waals surface area contributed by atoms with E-state index in [1.165, 1.54) is 30.6 Å². The van der Waals surface area contributed by atoms with Crippen molar-refractivity contribution < 1.29 is 12.8 Å². The van der Waals surface area contributed by atoms with Crippen LogP contribution in [-0.4, -0.2) is 40.7 Å². The summed E-state index contributed by atoms with van der Waals surface area (Å²) in [5.74, 6) is 6.51. The first-order valence-electron chi connectivity index (χ1n) is 11.4. The highest BCUT2D eigenvalue weighted by atomic mass is 35.5. The normalized spacial score (nSPS) is 12.7. The molecule has 3 N–H and O–H groups in total. The van der Waals surface area contributed by atoms with Gasteiger partial charge in [-0.1, -0.05) is 30.3 Å². The number of H-pyrrole nitrogens is 1. The van der Waals surface area contributed by atoms with Gasteiger partial charge in [0.25, 0.3) is 0 Å². The van der Waals surface area contributed by atoms with Gasteiger partial charge in [-0.3, -0.25) is 14.7 Å². The van der Waals surface area contributed by atoms with Crippen molar-refractivity contribution in [1.82, 2.24) is 20.2 Å². The van der Waals surface area contributed by atoms with E-state index in [2.05, 4.69) is 31.8 Å². The minimum atomic E-state index is -3.44. The number of nitrogens with two attached hydrogens (primary N) is 1. The molecule has 0 bridgehead atoms. The van der Waals surface area contributed by atoms with Crippen LogP contribution in [0.3, 0.4) is 0 Å². The molecular weight excluding hydrogens is 542 g/mol. The first-order chi connectivity index (χ1) is 18.5. The van der Waals surface area contributed by atoms with Gasteiger partial charge in [0.1, 0.15) is 0 Å². The number of rotatable bonds is 7. The fourth-order valence-corrected chi connectivity index (χ4v) is 4.40. The zero-order valence-corrected chi connectivity index (χ0v) is 22.8. The van der Waals surface area contributed by atoms with Gasteiger partial charge in [-0.2, -0.15) is 5.10 Å². The van der Waals surface area contributed by atoms with Crippen LogP contribution in [0.15, 0.2) is 92.3 Å². The molecule has 0 fully saturated rings. The van der Waals surface area contributed by atoms with Crippen molar-refractivity contribution in [3.8, 4) is 11.5 Å². The molecule has 0 saturated heterocycles. The average Bonchev–Trinajstić information content (AvgIpc) is 3.41. The van der Waals surface area contributed by atoms with Gasteiger partial charge in [-0.05, 0) is 44.2 Å². The summed E-state index contributed by atoms with van der Waals surface area (Å²) in [6.07, 6.45) is 3.84. The lowest BCUT2D eigenvalue weighted by molar-refractivity contribution is 0.552. The van der Waals surface area contributed by atoms with Crippen molar-refractivity contribution in [1.29, 1.82) is 0 Å². The van der Waals surface area contributed by atoms with Crippen LogP contribution >= 0.6 is 11.6 Å². The van der Waals surface area contributed by atoms with E-state index >= 15 is 0 Å². The lowest BCUT2D eigenvalue weighted by Gasteiger charge is -2.29. The smallest absolute Gasteiger partial charge is 0.248 e. The Labute approximate surface area is 229 Å². The summed E-state index contributed by atoms with van der Waals surface area (Å²) in [5, 5.41) is 12.6. The number of benzene rings is 1. The summed E-state index contributed by atoms with van der Waals surface area (Å²) in [6.45, 7) is 7.69. The van der Waals surface area contributed by atoms with Crippen molar-refractivity contribution in [2.24, 2.45) is 10.9 Å². The number of nitrogens with zero attached hydrogens (tertiary/aromatic N) is 5. The van der Waals surface area contributed by atoms with E-state index in [1.54, 1.807) is 49.1 Å². The van der Waals surface area contributed by atoms with E-state index in [1.807, 2.05) is 0 Å². The highest BCUT2D eigenvalue weighted by Gasteiger charge is 2.25. The van der Waals surface area contributed by atoms with Crippen LogP contribution in [-0.2, 0) is 9.84 Å². The molecule has 0 aliphatic heterocycles. The number of hydrazone groups is 1. The van der Waals surface area contributed by atoms with Crippen LogP contribution in [0.2, 0.25) is 5.02 Å². The molecule has 4 aromatic rings. The molecule has 0 aliphatic carbocycles. The molecular formula is C26H24ClN7O4S. The average molecular weight is 566 g/mol. The molecule has 0 spiro atoms. The molecule has 0 amide bonds. The summed E-state index contributed by atoms with van der Waals surface area (Å²) >= 11 is 6.56. The molecule has 13 heteroatoms. The third-order valence-corrected chi connectivity index (χ3v) is 7.24. The van der Waals surface area contributed by atoms with E-state index in [0.717, 1.165) is 6.26 Å². The highest BCUT2D eigenvalue weighted by Crippen LogP contribution is 2.34. The number of amidine groups is 1. The molecule has 0 aliphatic rings. The van der Waals surface area contributed by atoms with Crippen LogP contribution in [0.4, 0.5) is 5.69 Å². The molecule has 39 heavy (non-hydrogen) atoms. The molecule has 0 unspecified atom stereocenters. The Kier molecular flexibility index (Phi) is 7.79. The largest absolute Gasteiger partial charge is 0.416 e. The molecule has 0 saturated carbocycles. The van der Waals surface area contributed by atoms with Crippen LogP contribution in [0, 0.1) is 0 Å². The van der Waals surface area contributed by atoms with Gasteiger partial charge in [0.05, 0.1) is 27.0 Å². The maximum absolute atomic E-state index is 11.9. The molecule has 11 nitrogen and oxygen atoms in total. The van der Waals surface area contributed by atoms with Crippen molar-refractivity contribution in [3.05, 3.63) is 100 Å². The molecule has 4 rings (SSSR count). The summed E-state index contributed by atoms with van der Waals surface area (Å²) in [7, 11) is -3.44. The zero-order chi connectivity index (χ0) is 28.3. The van der Waals surface area contributed by atoms with Gasteiger partial charge < -0.3 is 15.2 Å². The van der Waals surface area contributed by atoms with Crippen molar-refractivity contribution in [2.45, 2.75) is 18.7 Å². The Morgan fingerprint density at radius 3 is 2.51 bits per heavy atom. The number of pyridine rings is 2. The Bertz CT molecular complexity index is 1770. The van der Waals surface area contributed by atoms with Crippen molar-refractivity contribution >= 4 is 44.2 Å². The van der Waals surface area contributed by atoms with Crippen LogP contribution in [0.5, 0.6) is 0 Å². The van der Waals surface area contributed by atoms with Crippen LogP contribution in [0.25, 0.3) is 22.7 Å². The second kappa shape index (κ2) is 11.1. The first-order valence-corrected chi connectivity index (χ1v) is 13.7. The summed E-state index contributed by atoms with van der Waals surface area (Å²) in [4.78, 5) is 20.2. The van der Waals surface area contributed by atoms with Gasteiger partial charge in [0.15, 0.2) is 15.7 Å². The second-order valence-corrected chi connectivity index (χ2v) is 10.9. The van der Waals surface area contributed by atoms with E-state index in [-0.39, 0.29) is 28.1 Å². The molecule has 1 aromatic carbocycles. The number of sulfone groups is 1. The van der Waals surface area contributed by atoms with Gasteiger partial charge in [0.2, 0.25) is 17.3 Å². The minimum Gasteiger partial charge on any atom is -0.416 e. The lowest BCUT2D eigenvalue weighted by Crippen LogP contribution is -2.32. The van der Waals surface area contributed by atoms with E-state index in [4.69, 9.17) is 21.9 Å². The summed E-state index contributed by atoms with van der Waals surface area (Å²) in [6, 6.07) is 13.0. The predicted molar refractivity (Wildman–Crippen MR) is 151 cm³/mol. The quantitative estimate of drug-likeness (QED) is 0.145. The van der Waals surface area contributed by atoms with E-state index < -0.39 is 9.84 Å². The third kappa shape index (κ3) is 5.81. The maximum atomic E-state index is 11.9. The van der Waals surface area contributed by atoms with Crippen molar-refractivity contribution in [2.75, 3.05) is 11.2 Å². The monoisotopic (exact) mass is 565 g/mol. The predicted octanol–water partition coefficient (Wildman–Crippen LogP) is 4.12. The number of nitrogens with one attached hydrogen (secondary N) is 1. The van der Waals surface area contributed by atoms with Crippen molar-refractivity contribution in [3.63, 3.8) is 0 Å². The third-order valence-electron chi connectivity index (χ3n) is 5.82. The van der Waals surface area contributed by atoms with Crippen LogP contribution in [0.1, 0.15) is 25.4 Å². The minimum absolute atomic E-state index is 0.0654. The Balaban J connectivity index is 1.79. The van der Waals surface area contributed by atoms with Gasteiger partial charge in [-0.25, -0.2) is 8.42 Å². The number of aromatic amines is 1. The molecule has 200 valence electrons. The Hall–Kier alpha value is -4.55. The highest BCUT2D eigenvalue weighted by molar-refractivity contribution is 7.90. The molecule has 0 atom stereocenters. The van der Waals surface area contributed by atoms with Gasteiger partial charge >= 0.3 is 0 Å². The lowest BCUT2D eigenvalue weighted by atomic mass is 10.1.